The molecule has 0 N–H and O–H groups in total. The van der Waals surface area contributed by atoms with Crippen LogP contribution in [-0.4, -0.2) is 48.8 Å². The maximum Gasteiger partial charge on any atom is 0.491 e. The van der Waals surface area contributed by atoms with E-state index in [1.165, 1.54) is 0 Å². The zero-order chi connectivity index (χ0) is 23.5. The number of carbonyl (C=O) groups excluding carboxylic acids is 4. The molecule has 0 saturated carbocycles. The molecule has 16 heteroatoms. The first-order chi connectivity index (χ1) is 13.4. The van der Waals surface area contributed by atoms with Crippen LogP contribution in [0.4, 0.5) is 39.5 Å². The van der Waals surface area contributed by atoms with Crippen molar-refractivity contribution in [2.75, 3.05) is 6.61 Å². The highest BCUT2D eigenvalue weighted by molar-refractivity contribution is 5.99. The minimum absolute atomic E-state index is 0.159. The van der Waals surface area contributed by atoms with Crippen LogP contribution in [-0.2, 0) is 19.1 Å². The van der Waals surface area contributed by atoms with Gasteiger partial charge in [-0.2, -0.15) is 39.5 Å². The monoisotopic (exact) mass is 456 g/mol. The Labute approximate surface area is 158 Å². The Morgan fingerprint density at radius 2 is 1.10 bits per heavy atom. The summed E-state index contributed by atoms with van der Waals surface area (Å²) in [5.41, 5.74) is -0.859. The molecule has 0 aliphatic heterocycles. The van der Waals surface area contributed by atoms with Crippen molar-refractivity contribution < 1.29 is 72.9 Å². The van der Waals surface area contributed by atoms with Gasteiger partial charge in [-0.15, -0.1) is 0 Å². The summed E-state index contributed by atoms with van der Waals surface area (Å²) in [6.45, 7) is -1.58. The molecule has 0 heterocycles. The van der Waals surface area contributed by atoms with Crippen molar-refractivity contribution in [1.82, 2.24) is 0 Å². The Hall–Kier alpha value is -3.33. The Bertz CT molecular complexity index is 853. The average molecular weight is 456 g/mol. The predicted molar refractivity (Wildman–Crippen MR) is 71.2 cm³/mol. The quantitative estimate of drug-likeness (QED) is 0.291. The molecule has 7 nitrogen and oxygen atoms in total. The largest absolute Gasteiger partial charge is 0.491 e. The van der Waals surface area contributed by atoms with Crippen LogP contribution in [0.25, 0.3) is 0 Å². The summed E-state index contributed by atoms with van der Waals surface area (Å²) in [7, 11) is 0. The van der Waals surface area contributed by atoms with Gasteiger partial charge in [0.15, 0.2) is 23.9 Å². The second-order valence-corrected chi connectivity index (χ2v) is 4.93. The number of ether oxygens (including phenoxy) is 3. The number of rotatable bonds is 5. The molecule has 0 aliphatic carbocycles. The average Bonchev–Trinajstić information content (AvgIpc) is 2.58. The number of Topliss-reactive ketones (excluding diaryl/α,β-unsaturated/α-hetero) is 1. The van der Waals surface area contributed by atoms with Crippen LogP contribution < -0.4 is 9.47 Å². The molecule has 30 heavy (non-hydrogen) atoms. The molecule has 1 aromatic carbocycles. The van der Waals surface area contributed by atoms with E-state index in [0.717, 1.165) is 0 Å². The van der Waals surface area contributed by atoms with Crippen molar-refractivity contribution in [3.8, 4) is 11.5 Å². The number of carbonyl (C=O) groups is 4. The maximum absolute atomic E-state index is 12.3. The SMILES string of the molecule is O=C(COC(=O)C(F)(F)F)c1ccc(OC(=O)C(F)(F)F)c(OC(=O)C(F)(F)F)c1. The van der Waals surface area contributed by atoms with Gasteiger partial charge in [0, 0.05) is 5.56 Å². The van der Waals surface area contributed by atoms with Crippen molar-refractivity contribution in [2.24, 2.45) is 0 Å². The van der Waals surface area contributed by atoms with E-state index < -0.39 is 65.9 Å². The summed E-state index contributed by atoms with van der Waals surface area (Å²) < 4.78 is 121. The molecule has 0 aromatic heterocycles. The zero-order valence-corrected chi connectivity index (χ0v) is 13.7. The van der Waals surface area contributed by atoms with Crippen LogP contribution in [0.1, 0.15) is 10.4 Å². The van der Waals surface area contributed by atoms with E-state index in [9.17, 15) is 58.7 Å². The van der Waals surface area contributed by atoms with E-state index in [2.05, 4.69) is 14.2 Å². The zero-order valence-electron chi connectivity index (χ0n) is 13.7. The van der Waals surface area contributed by atoms with E-state index in [0.29, 0.717) is 12.1 Å². The molecular formula is C14H5F9O7. The van der Waals surface area contributed by atoms with Gasteiger partial charge >= 0.3 is 36.4 Å². The first-order valence-corrected chi connectivity index (χ1v) is 6.92. The predicted octanol–water partition coefficient (Wildman–Crippen LogP) is 2.91. The fourth-order valence-electron chi connectivity index (χ4n) is 1.46. The van der Waals surface area contributed by atoms with Crippen LogP contribution in [0, 0.1) is 0 Å². The fourth-order valence-corrected chi connectivity index (χ4v) is 1.46. The molecule has 1 aromatic rings. The first kappa shape index (κ1) is 24.7. The number of hydrogen-bond acceptors (Lipinski definition) is 7. The van der Waals surface area contributed by atoms with Crippen LogP contribution in [0.15, 0.2) is 18.2 Å². The fraction of sp³-hybridized carbons (Fsp3) is 0.286. The molecular weight excluding hydrogens is 451 g/mol. The molecule has 166 valence electrons. The van der Waals surface area contributed by atoms with Gasteiger partial charge < -0.3 is 14.2 Å². The summed E-state index contributed by atoms with van der Waals surface area (Å²) in [5, 5.41) is 0. The van der Waals surface area contributed by atoms with Crippen molar-refractivity contribution in [3.05, 3.63) is 23.8 Å². The summed E-state index contributed by atoms with van der Waals surface area (Å²) in [5.74, 6) is -13.0. The summed E-state index contributed by atoms with van der Waals surface area (Å²) in [6, 6.07) is 0.946. The molecule has 0 radical (unpaired) electrons. The Kier molecular flexibility index (Phi) is 7.07. The molecule has 0 spiro atoms. The lowest BCUT2D eigenvalue weighted by atomic mass is 10.1. The normalized spacial score (nSPS) is 12.2. The third-order valence-electron chi connectivity index (χ3n) is 2.70. The second-order valence-electron chi connectivity index (χ2n) is 4.93. The van der Waals surface area contributed by atoms with Crippen LogP contribution in [0.3, 0.4) is 0 Å². The van der Waals surface area contributed by atoms with Gasteiger partial charge in [-0.25, -0.2) is 14.4 Å². The molecule has 0 aliphatic rings. The molecule has 0 saturated heterocycles. The number of esters is 3. The van der Waals surface area contributed by atoms with E-state index in [1.807, 2.05) is 0 Å². The van der Waals surface area contributed by atoms with E-state index >= 15 is 0 Å². The summed E-state index contributed by atoms with van der Waals surface area (Å²) >= 11 is 0. The highest BCUT2D eigenvalue weighted by Crippen LogP contribution is 2.32. The lowest BCUT2D eigenvalue weighted by Gasteiger charge is -2.14. The van der Waals surface area contributed by atoms with E-state index in [4.69, 9.17) is 0 Å². The number of benzene rings is 1. The lowest BCUT2D eigenvalue weighted by Crippen LogP contribution is -2.30. The Balaban J connectivity index is 3.18. The van der Waals surface area contributed by atoms with Gasteiger partial charge in [-0.3, -0.25) is 4.79 Å². The smallest absolute Gasteiger partial charge is 0.451 e. The molecule has 0 amide bonds. The van der Waals surface area contributed by atoms with Crippen molar-refractivity contribution in [2.45, 2.75) is 18.5 Å². The third kappa shape index (κ3) is 6.93. The van der Waals surface area contributed by atoms with Gasteiger partial charge in [0.2, 0.25) is 0 Å². The molecule has 1 rings (SSSR count). The van der Waals surface area contributed by atoms with Gasteiger partial charge in [0.1, 0.15) is 0 Å². The molecule has 0 atom stereocenters. The molecule has 0 unspecified atom stereocenters. The lowest BCUT2D eigenvalue weighted by molar-refractivity contribution is -0.198. The summed E-state index contributed by atoms with van der Waals surface area (Å²) in [6.07, 6.45) is -16.7. The molecule has 0 fully saturated rings. The minimum Gasteiger partial charge on any atom is -0.451 e. The highest BCUT2D eigenvalue weighted by atomic mass is 19.4. The Morgan fingerprint density at radius 3 is 1.53 bits per heavy atom. The summed E-state index contributed by atoms with van der Waals surface area (Å²) in [4.78, 5) is 43.9. The van der Waals surface area contributed by atoms with Crippen LogP contribution in [0.5, 0.6) is 11.5 Å². The van der Waals surface area contributed by atoms with E-state index in [1.54, 1.807) is 0 Å². The standard InChI is InChI=1S/C14H5F9O7/c15-12(16,17)9(25)28-4-6(24)5-1-2-7(29-10(26)13(18,19)20)8(3-5)30-11(27)14(21,22)23/h1-3H,4H2. The van der Waals surface area contributed by atoms with Gasteiger partial charge in [0.05, 0.1) is 0 Å². The third-order valence-corrected chi connectivity index (χ3v) is 2.70. The van der Waals surface area contributed by atoms with Crippen molar-refractivity contribution in [3.63, 3.8) is 0 Å². The maximum atomic E-state index is 12.3. The van der Waals surface area contributed by atoms with Crippen LogP contribution >= 0.6 is 0 Å². The number of halogens is 9. The second kappa shape index (κ2) is 8.58. The molecule has 0 bridgehead atoms. The van der Waals surface area contributed by atoms with E-state index in [-0.39, 0.29) is 6.07 Å². The van der Waals surface area contributed by atoms with Crippen molar-refractivity contribution in [1.29, 1.82) is 0 Å². The van der Waals surface area contributed by atoms with Crippen molar-refractivity contribution >= 4 is 23.7 Å². The highest BCUT2D eigenvalue weighted by Gasteiger charge is 2.44. The van der Waals surface area contributed by atoms with Gasteiger partial charge in [0.25, 0.3) is 0 Å². The number of ketones is 1. The van der Waals surface area contributed by atoms with Gasteiger partial charge in [-0.05, 0) is 18.2 Å². The minimum atomic E-state index is -5.66. The Morgan fingerprint density at radius 1 is 0.667 bits per heavy atom. The first-order valence-electron chi connectivity index (χ1n) is 6.92. The number of hydrogen-bond donors (Lipinski definition) is 0. The number of alkyl halides is 9. The topological polar surface area (TPSA) is 96.0 Å². The van der Waals surface area contributed by atoms with Crippen LogP contribution in [0.2, 0.25) is 0 Å². The van der Waals surface area contributed by atoms with Gasteiger partial charge in [-0.1, -0.05) is 0 Å².